The molecule has 0 saturated carbocycles. The smallest absolute Gasteiger partial charge is 0.337 e. The summed E-state index contributed by atoms with van der Waals surface area (Å²) in [7, 11) is 1.35. The molecule has 0 atom stereocenters. The number of ether oxygens (including phenoxy) is 1. The van der Waals surface area contributed by atoms with E-state index in [1.165, 1.54) is 19.2 Å². The highest BCUT2D eigenvalue weighted by atomic mass is 35.5. The Labute approximate surface area is 247 Å². The number of hydrogen-bond acceptors (Lipinski definition) is 3. The zero-order valence-corrected chi connectivity index (χ0v) is 23.9. The Morgan fingerprint density at radius 3 is 2.07 bits per heavy atom. The first-order valence-corrected chi connectivity index (χ1v) is 13.6. The molecule has 4 aromatic carbocycles. The summed E-state index contributed by atoms with van der Waals surface area (Å²) in [6.07, 6.45) is 2.50. The van der Waals surface area contributed by atoms with Crippen LogP contribution in [-0.4, -0.2) is 22.6 Å². The SMILES string of the molecule is COC(=O)c1ccc(Cn2cc(-c3ccc(Cl)cc3Cl)nc2Cc2ccc(-c3ccc(C(C)(F)F)cc3)cc2)cc1. The maximum Gasteiger partial charge on any atom is 0.337 e. The van der Waals surface area contributed by atoms with Crippen molar-refractivity contribution in [1.29, 1.82) is 0 Å². The molecule has 0 radical (unpaired) electrons. The van der Waals surface area contributed by atoms with Crippen molar-refractivity contribution in [3.05, 3.63) is 135 Å². The molecule has 5 aromatic rings. The quantitative estimate of drug-likeness (QED) is 0.169. The fourth-order valence-electron chi connectivity index (χ4n) is 4.57. The van der Waals surface area contributed by atoms with Crippen LogP contribution >= 0.6 is 23.2 Å². The number of carbonyl (C=O) groups excluding carboxylic acids is 1. The molecule has 0 fully saturated rings. The Balaban J connectivity index is 1.43. The number of halogens is 4. The van der Waals surface area contributed by atoms with Crippen molar-refractivity contribution in [2.24, 2.45) is 0 Å². The standard InChI is InChI=1S/C33H26Cl2F2N2O2/c1-33(36,37)26-13-11-24(12-14-26)23-7-3-21(4-8-23)17-31-38-30(28-16-15-27(34)18-29(28)35)20-39(31)19-22-5-9-25(10-6-22)32(40)41-2/h3-16,18,20H,17,19H2,1-2H3. The molecule has 0 aliphatic rings. The molecule has 8 heteroatoms. The molecule has 0 spiro atoms. The Bertz CT molecular complexity index is 1680. The average Bonchev–Trinajstić information content (AvgIpc) is 3.34. The van der Waals surface area contributed by atoms with E-state index < -0.39 is 5.92 Å². The van der Waals surface area contributed by atoms with Crippen LogP contribution in [0, 0.1) is 0 Å². The highest BCUT2D eigenvalue weighted by molar-refractivity contribution is 6.36. The minimum Gasteiger partial charge on any atom is -0.465 e. The fraction of sp³-hybridized carbons (Fsp3) is 0.152. The molecule has 0 unspecified atom stereocenters. The molecule has 5 rings (SSSR count). The first-order valence-electron chi connectivity index (χ1n) is 12.9. The molecule has 0 saturated heterocycles. The number of aromatic nitrogens is 2. The zero-order valence-electron chi connectivity index (χ0n) is 22.4. The number of nitrogens with zero attached hydrogens (tertiary/aromatic N) is 2. The Morgan fingerprint density at radius 1 is 0.878 bits per heavy atom. The topological polar surface area (TPSA) is 44.1 Å². The number of alkyl halides is 2. The van der Waals surface area contributed by atoms with Gasteiger partial charge in [-0.2, -0.15) is 0 Å². The second-order valence-corrected chi connectivity index (χ2v) is 10.7. The maximum absolute atomic E-state index is 13.6. The van der Waals surface area contributed by atoms with Crippen molar-refractivity contribution in [2.45, 2.75) is 25.8 Å². The van der Waals surface area contributed by atoms with E-state index in [-0.39, 0.29) is 11.5 Å². The average molecular weight is 591 g/mol. The predicted octanol–water partition coefficient (Wildman–Crippen LogP) is 9.06. The summed E-state index contributed by atoms with van der Waals surface area (Å²) in [5, 5.41) is 1.05. The summed E-state index contributed by atoms with van der Waals surface area (Å²) in [6, 6.07) is 26.9. The fourth-order valence-corrected chi connectivity index (χ4v) is 5.08. The molecule has 1 heterocycles. The Hall–Kier alpha value is -4.00. The van der Waals surface area contributed by atoms with Gasteiger partial charge in [-0.15, -0.1) is 0 Å². The van der Waals surface area contributed by atoms with Gasteiger partial charge in [0.05, 0.1) is 23.4 Å². The molecule has 0 bridgehead atoms. The number of carbonyl (C=O) groups is 1. The van der Waals surface area contributed by atoms with Gasteiger partial charge in [0.15, 0.2) is 0 Å². The second-order valence-electron chi connectivity index (χ2n) is 9.82. The Morgan fingerprint density at radius 2 is 1.49 bits per heavy atom. The van der Waals surface area contributed by atoms with Crippen LogP contribution in [0.15, 0.2) is 97.2 Å². The van der Waals surface area contributed by atoms with Crippen LogP contribution < -0.4 is 0 Å². The van der Waals surface area contributed by atoms with Crippen LogP contribution in [0.25, 0.3) is 22.4 Å². The minimum atomic E-state index is -2.87. The summed E-state index contributed by atoms with van der Waals surface area (Å²) in [5.74, 6) is -2.43. The van der Waals surface area contributed by atoms with E-state index in [0.29, 0.717) is 28.6 Å². The molecular weight excluding hydrogens is 565 g/mol. The lowest BCUT2D eigenvalue weighted by Crippen LogP contribution is -2.06. The van der Waals surface area contributed by atoms with Gasteiger partial charge in [-0.25, -0.2) is 18.6 Å². The van der Waals surface area contributed by atoms with Gasteiger partial charge in [-0.1, -0.05) is 83.9 Å². The molecule has 0 aliphatic heterocycles. The number of imidazole rings is 1. The van der Waals surface area contributed by atoms with E-state index >= 15 is 0 Å². The minimum absolute atomic E-state index is 0.0127. The predicted molar refractivity (Wildman–Crippen MR) is 159 cm³/mol. The molecule has 41 heavy (non-hydrogen) atoms. The largest absolute Gasteiger partial charge is 0.465 e. The van der Waals surface area contributed by atoms with E-state index in [9.17, 15) is 13.6 Å². The van der Waals surface area contributed by atoms with Gasteiger partial charge in [-0.05, 0) is 52.6 Å². The highest BCUT2D eigenvalue weighted by Gasteiger charge is 2.23. The summed E-state index contributed by atoms with van der Waals surface area (Å²) in [5.41, 5.74) is 5.78. The van der Waals surface area contributed by atoms with Gasteiger partial charge >= 0.3 is 5.97 Å². The van der Waals surface area contributed by atoms with Gasteiger partial charge in [0, 0.05) is 42.2 Å². The number of benzene rings is 4. The van der Waals surface area contributed by atoms with Crippen LogP contribution in [0.5, 0.6) is 0 Å². The highest BCUT2D eigenvalue weighted by Crippen LogP contribution is 2.32. The van der Waals surface area contributed by atoms with Crippen LogP contribution in [0.3, 0.4) is 0 Å². The third-order valence-corrected chi connectivity index (χ3v) is 7.38. The monoisotopic (exact) mass is 590 g/mol. The van der Waals surface area contributed by atoms with Crippen molar-refractivity contribution in [3.63, 3.8) is 0 Å². The number of hydrogen-bond donors (Lipinski definition) is 0. The third kappa shape index (κ3) is 6.67. The van der Waals surface area contributed by atoms with Gasteiger partial charge in [0.1, 0.15) is 5.82 Å². The summed E-state index contributed by atoms with van der Waals surface area (Å²) < 4.78 is 34.0. The number of methoxy groups -OCH3 is 1. The van der Waals surface area contributed by atoms with Crippen LogP contribution in [0.4, 0.5) is 8.78 Å². The number of esters is 1. The van der Waals surface area contributed by atoms with E-state index in [4.69, 9.17) is 32.9 Å². The van der Waals surface area contributed by atoms with Crippen molar-refractivity contribution in [3.8, 4) is 22.4 Å². The molecular formula is C33H26Cl2F2N2O2. The van der Waals surface area contributed by atoms with Crippen molar-refractivity contribution < 1.29 is 18.3 Å². The molecule has 208 valence electrons. The maximum atomic E-state index is 13.6. The van der Waals surface area contributed by atoms with Gasteiger partial charge in [0.2, 0.25) is 0 Å². The van der Waals surface area contributed by atoms with Crippen LogP contribution in [-0.2, 0) is 23.6 Å². The van der Waals surface area contributed by atoms with Crippen LogP contribution in [0.2, 0.25) is 10.0 Å². The lowest BCUT2D eigenvalue weighted by molar-refractivity contribution is 0.0175. The first kappa shape index (κ1) is 28.5. The van der Waals surface area contributed by atoms with Gasteiger partial charge < -0.3 is 9.30 Å². The Kier molecular flexibility index (Phi) is 8.25. The molecule has 1 aromatic heterocycles. The van der Waals surface area contributed by atoms with E-state index in [1.807, 2.05) is 48.7 Å². The van der Waals surface area contributed by atoms with Gasteiger partial charge in [0.25, 0.3) is 5.92 Å². The van der Waals surface area contributed by atoms with Crippen molar-refractivity contribution in [1.82, 2.24) is 9.55 Å². The lowest BCUT2D eigenvalue weighted by Gasteiger charge is -2.11. The van der Waals surface area contributed by atoms with E-state index in [1.54, 1.807) is 36.4 Å². The first-order chi connectivity index (χ1) is 19.6. The zero-order chi connectivity index (χ0) is 29.1. The molecule has 0 amide bonds. The van der Waals surface area contributed by atoms with Crippen molar-refractivity contribution >= 4 is 29.2 Å². The second kappa shape index (κ2) is 11.9. The van der Waals surface area contributed by atoms with Gasteiger partial charge in [-0.3, -0.25) is 0 Å². The van der Waals surface area contributed by atoms with Crippen molar-refractivity contribution in [2.75, 3.05) is 7.11 Å². The van der Waals surface area contributed by atoms with Crippen LogP contribution in [0.1, 0.15) is 39.8 Å². The lowest BCUT2D eigenvalue weighted by atomic mass is 10.00. The molecule has 4 nitrogen and oxygen atoms in total. The van der Waals surface area contributed by atoms with E-state index in [0.717, 1.165) is 46.3 Å². The van der Waals surface area contributed by atoms with E-state index in [2.05, 4.69) is 4.57 Å². The third-order valence-electron chi connectivity index (χ3n) is 6.84. The summed E-state index contributed by atoms with van der Waals surface area (Å²) >= 11 is 12.6. The molecule has 0 aliphatic carbocycles. The number of rotatable bonds is 8. The normalized spacial score (nSPS) is 11.5. The summed E-state index contributed by atoms with van der Waals surface area (Å²) in [6.45, 7) is 1.42. The summed E-state index contributed by atoms with van der Waals surface area (Å²) in [4.78, 5) is 16.8. The molecule has 0 N–H and O–H groups in total.